The molecule has 118 valence electrons. The number of hydrogen-bond acceptors (Lipinski definition) is 4. The highest BCUT2D eigenvalue weighted by molar-refractivity contribution is 9.10. The molecule has 0 heterocycles. The lowest BCUT2D eigenvalue weighted by molar-refractivity contribution is -0.114. The lowest BCUT2D eigenvalue weighted by atomic mass is 9.96. The average Bonchev–Trinajstić information content (AvgIpc) is 2.39. The Morgan fingerprint density at radius 1 is 1.36 bits per heavy atom. The van der Waals surface area contributed by atoms with E-state index in [9.17, 15) is 14.7 Å². The molecule has 0 fully saturated rings. The van der Waals surface area contributed by atoms with Gasteiger partial charge in [0, 0.05) is 16.8 Å². The first-order valence-electron chi connectivity index (χ1n) is 6.51. The minimum absolute atomic E-state index is 0.0262. The van der Waals surface area contributed by atoms with Gasteiger partial charge < -0.3 is 15.2 Å². The van der Waals surface area contributed by atoms with E-state index in [-0.39, 0.29) is 28.2 Å². The zero-order valence-corrected chi connectivity index (χ0v) is 14.7. The number of anilines is 1. The fourth-order valence-corrected chi connectivity index (χ4v) is 2.10. The molecule has 22 heavy (non-hydrogen) atoms. The Kier molecular flexibility index (Phi) is 5.61. The van der Waals surface area contributed by atoms with E-state index in [1.54, 1.807) is 0 Å². The molecule has 0 radical (unpaired) electrons. The van der Waals surface area contributed by atoms with Crippen LogP contribution in [0.25, 0.3) is 0 Å². The van der Waals surface area contributed by atoms with Gasteiger partial charge >= 0.3 is 5.97 Å². The number of carbonyl (C=O) groups is 2. The number of carbonyl (C=O) groups excluding carboxylic acids is 2. The second-order valence-electron chi connectivity index (χ2n) is 5.68. The largest absolute Gasteiger partial charge is 0.506 e. The highest BCUT2D eigenvalue weighted by atomic mass is 79.9. The molecule has 1 aromatic rings. The number of methoxy groups -OCH3 is 1. The van der Waals surface area contributed by atoms with E-state index in [4.69, 9.17) is 0 Å². The van der Waals surface area contributed by atoms with Crippen molar-refractivity contribution in [2.24, 2.45) is 5.41 Å². The van der Waals surface area contributed by atoms with E-state index >= 15 is 0 Å². The smallest absolute Gasteiger partial charge is 0.341 e. The van der Waals surface area contributed by atoms with Crippen molar-refractivity contribution in [3.8, 4) is 17.6 Å². The molecule has 5 nitrogen and oxygen atoms in total. The van der Waals surface area contributed by atoms with Gasteiger partial charge in [0.05, 0.1) is 18.4 Å². The number of phenolic OH excluding ortho intramolecular Hbond substituents is 1. The van der Waals surface area contributed by atoms with E-state index in [1.807, 2.05) is 20.8 Å². The number of rotatable bonds is 2. The topological polar surface area (TPSA) is 75.6 Å². The van der Waals surface area contributed by atoms with Crippen molar-refractivity contribution < 1.29 is 19.4 Å². The summed E-state index contributed by atoms with van der Waals surface area (Å²) in [7, 11) is 1.22. The van der Waals surface area contributed by atoms with Crippen molar-refractivity contribution in [2.75, 3.05) is 12.4 Å². The number of amides is 1. The first-order valence-corrected chi connectivity index (χ1v) is 7.30. The molecule has 0 aliphatic heterocycles. The molecule has 0 atom stereocenters. The zero-order valence-electron chi connectivity index (χ0n) is 13.1. The third kappa shape index (κ3) is 4.50. The van der Waals surface area contributed by atoms with Crippen LogP contribution in [0.2, 0.25) is 0 Å². The summed E-state index contributed by atoms with van der Waals surface area (Å²) in [4.78, 5) is 23.1. The maximum atomic E-state index is 11.7. The molecule has 0 aliphatic carbocycles. The number of phenols is 1. The summed E-state index contributed by atoms with van der Waals surface area (Å²) >= 11 is 3.28. The second-order valence-corrected chi connectivity index (χ2v) is 6.53. The van der Waals surface area contributed by atoms with Gasteiger partial charge in [0.15, 0.2) is 0 Å². The van der Waals surface area contributed by atoms with Crippen molar-refractivity contribution in [3.05, 3.63) is 21.7 Å². The first kappa shape index (κ1) is 18.1. The first-order chi connectivity index (χ1) is 10.1. The van der Waals surface area contributed by atoms with E-state index in [1.165, 1.54) is 20.1 Å². The molecule has 0 aliphatic rings. The Balaban J connectivity index is 3.64. The van der Waals surface area contributed by atoms with Gasteiger partial charge in [-0.05, 0) is 42.8 Å². The van der Waals surface area contributed by atoms with Crippen molar-refractivity contribution in [3.63, 3.8) is 0 Å². The molecule has 0 saturated carbocycles. The van der Waals surface area contributed by atoms with Gasteiger partial charge in [-0.2, -0.15) is 0 Å². The van der Waals surface area contributed by atoms with Crippen molar-refractivity contribution >= 4 is 33.5 Å². The Bertz CT molecular complexity index is 678. The molecule has 2 N–H and O–H groups in total. The van der Waals surface area contributed by atoms with Gasteiger partial charge in [0.2, 0.25) is 5.91 Å². The molecular weight excluding hydrogens is 350 g/mol. The van der Waals surface area contributed by atoms with E-state index in [0.29, 0.717) is 10.2 Å². The number of esters is 1. The lowest BCUT2D eigenvalue weighted by Crippen LogP contribution is -2.11. The maximum Gasteiger partial charge on any atom is 0.341 e. The number of benzene rings is 1. The summed E-state index contributed by atoms with van der Waals surface area (Å²) < 4.78 is 5.07. The Labute approximate surface area is 138 Å². The van der Waals surface area contributed by atoms with E-state index in [2.05, 4.69) is 37.8 Å². The summed E-state index contributed by atoms with van der Waals surface area (Å²) in [5, 5.41) is 12.9. The Morgan fingerprint density at radius 2 is 1.95 bits per heavy atom. The quantitative estimate of drug-likeness (QED) is 0.621. The van der Waals surface area contributed by atoms with Gasteiger partial charge in [-0.1, -0.05) is 11.8 Å². The molecule has 6 heteroatoms. The van der Waals surface area contributed by atoms with Gasteiger partial charge in [0.1, 0.15) is 11.3 Å². The molecule has 0 aromatic heterocycles. The zero-order chi connectivity index (χ0) is 17.1. The number of ether oxygens (including phenoxy) is 1. The SMILES string of the molecule is COC(=O)c1cc(Br)c(NC(C)=O)c(C#CC(C)(C)C)c1O. The van der Waals surface area contributed by atoms with Crippen LogP contribution < -0.4 is 5.32 Å². The van der Waals surface area contributed by atoms with Crippen LogP contribution in [0.1, 0.15) is 43.6 Å². The minimum atomic E-state index is -0.689. The number of hydrogen-bond donors (Lipinski definition) is 2. The predicted octanol–water partition coefficient (Wildman–Crippen LogP) is 3.30. The summed E-state index contributed by atoms with van der Waals surface area (Å²) in [5.74, 6) is 4.48. The summed E-state index contributed by atoms with van der Waals surface area (Å²) in [6, 6.07) is 1.38. The molecule has 0 bridgehead atoms. The van der Waals surface area contributed by atoms with Crippen molar-refractivity contribution in [2.45, 2.75) is 27.7 Å². The standard InChI is InChI=1S/C16H18BrNO4/c1-9(19)18-13-10(6-7-16(2,3)4)14(20)11(8-12(13)17)15(21)22-5/h8,20H,1-5H3,(H,18,19). The summed E-state index contributed by atoms with van der Waals surface area (Å²) in [6.07, 6.45) is 0. The van der Waals surface area contributed by atoms with Crippen molar-refractivity contribution in [1.82, 2.24) is 0 Å². The Hall–Kier alpha value is -2.00. The van der Waals surface area contributed by atoms with Gasteiger partial charge in [-0.25, -0.2) is 4.79 Å². The lowest BCUT2D eigenvalue weighted by Gasteiger charge is -2.14. The molecule has 1 rings (SSSR count). The van der Waals surface area contributed by atoms with Crippen LogP contribution in [0.3, 0.4) is 0 Å². The average molecular weight is 368 g/mol. The van der Waals surface area contributed by atoms with Crippen LogP contribution in [0, 0.1) is 17.3 Å². The third-order valence-corrected chi connectivity index (χ3v) is 3.15. The summed E-state index contributed by atoms with van der Waals surface area (Å²) in [5.41, 5.74) is 0.143. The van der Waals surface area contributed by atoms with Gasteiger partial charge in [-0.3, -0.25) is 4.79 Å². The van der Waals surface area contributed by atoms with Crippen LogP contribution in [0.15, 0.2) is 10.5 Å². The van der Waals surface area contributed by atoms with E-state index < -0.39 is 5.97 Å². The molecule has 1 aromatic carbocycles. The third-order valence-electron chi connectivity index (χ3n) is 2.52. The summed E-state index contributed by atoms with van der Waals surface area (Å²) in [6.45, 7) is 7.08. The second kappa shape index (κ2) is 6.84. The van der Waals surface area contributed by atoms with Gasteiger partial charge in [-0.15, -0.1) is 0 Å². The minimum Gasteiger partial charge on any atom is -0.506 e. The van der Waals surface area contributed by atoms with Gasteiger partial charge in [0.25, 0.3) is 0 Å². The highest BCUT2D eigenvalue weighted by Gasteiger charge is 2.21. The molecular formula is C16H18BrNO4. The molecule has 0 saturated heterocycles. The van der Waals surface area contributed by atoms with Crippen LogP contribution in [0.4, 0.5) is 5.69 Å². The number of aromatic hydroxyl groups is 1. The predicted molar refractivity (Wildman–Crippen MR) is 87.8 cm³/mol. The van der Waals surface area contributed by atoms with Crippen LogP contribution in [-0.4, -0.2) is 24.1 Å². The number of nitrogens with one attached hydrogen (secondary N) is 1. The Morgan fingerprint density at radius 3 is 2.41 bits per heavy atom. The molecule has 1 amide bonds. The number of halogens is 1. The fourth-order valence-electron chi connectivity index (χ4n) is 1.58. The van der Waals surface area contributed by atoms with Crippen molar-refractivity contribution in [1.29, 1.82) is 0 Å². The molecule has 0 spiro atoms. The highest BCUT2D eigenvalue weighted by Crippen LogP contribution is 2.36. The van der Waals surface area contributed by atoms with E-state index in [0.717, 1.165) is 0 Å². The fraction of sp³-hybridized carbons (Fsp3) is 0.375. The molecule has 0 unspecified atom stereocenters. The normalized spacial score (nSPS) is 10.5. The van der Waals surface area contributed by atoms with Crippen LogP contribution >= 0.6 is 15.9 Å². The van der Waals surface area contributed by atoms with Crippen LogP contribution in [0.5, 0.6) is 5.75 Å². The maximum absolute atomic E-state index is 11.7. The monoisotopic (exact) mass is 367 g/mol. The van der Waals surface area contributed by atoms with Crippen LogP contribution in [-0.2, 0) is 9.53 Å².